The van der Waals surface area contributed by atoms with Crippen molar-refractivity contribution in [3.8, 4) is 5.75 Å². The molecular weight excluding hydrogens is 342 g/mol. The van der Waals surface area contributed by atoms with E-state index in [1.165, 1.54) is 12.1 Å². The van der Waals surface area contributed by atoms with Gasteiger partial charge in [-0.1, -0.05) is 12.1 Å². The van der Waals surface area contributed by atoms with Crippen LogP contribution < -0.4 is 15.8 Å². The van der Waals surface area contributed by atoms with Crippen molar-refractivity contribution in [2.75, 3.05) is 19.5 Å². The third kappa shape index (κ3) is 4.94. The van der Waals surface area contributed by atoms with Gasteiger partial charge in [-0.15, -0.1) is 0 Å². The van der Waals surface area contributed by atoms with Crippen molar-refractivity contribution < 1.29 is 24.0 Å². The molecule has 26 heavy (non-hydrogen) atoms. The minimum Gasteiger partial charge on any atom is -0.497 e. The summed E-state index contributed by atoms with van der Waals surface area (Å²) in [6.07, 6.45) is 0. The Labute approximate surface area is 148 Å². The monoisotopic (exact) mass is 359 g/mol. The highest BCUT2D eigenvalue weighted by Gasteiger charge is 2.17. The first-order valence-corrected chi connectivity index (χ1v) is 7.51. The van der Waals surface area contributed by atoms with E-state index in [2.05, 4.69) is 5.32 Å². The zero-order chi connectivity index (χ0) is 19.1. The van der Waals surface area contributed by atoms with E-state index in [-0.39, 0.29) is 17.8 Å². The van der Waals surface area contributed by atoms with Crippen LogP contribution >= 0.6 is 0 Å². The molecule has 0 aliphatic rings. The maximum Gasteiger partial charge on any atom is 0.338 e. The molecule has 9 nitrogen and oxygen atoms in total. The Hall–Kier alpha value is -3.62. The Kier molecular flexibility index (Phi) is 6.10. The van der Waals surface area contributed by atoms with Crippen LogP contribution in [0.3, 0.4) is 0 Å². The lowest BCUT2D eigenvalue weighted by Crippen LogP contribution is -2.28. The minimum atomic E-state index is -0.854. The molecule has 136 valence electrons. The predicted molar refractivity (Wildman–Crippen MR) is 92.6 cm³/mol. The second kappa shape index (κ2) is 8.47. The molecule has 1 amide bonds. The number of nitro groups is 1. The summed E-state index contributed by atoms with van der Waals surface area (Å²) in [4.78, 5) is 33.8. The fraction of sp³-hybridized carbons (Fsp3) is 0.176. The number of nitrogens with two attached hydrogens (primary N) is 1. The van der Waals surface area contributed by atoms with Crippen LogP contribution in [0.1, 0.15) is 15.9 Å². The number of carbonyl (C=O) groups excluding carboxylic acids is 2. The molecular formula is C17H17N3O6. The normalized spacial score (nSPS) is 10.0. The highest BCUT2D eigenvalue weighted by molar-refractivity contribution is 5.92. The average Bonchev–Trinajstić information content (AvgIpc) is 2.64. The molecule has 0 aromatic heterocycles. The van der Waals surface area contributed by atoms with Crippen molar-refractivity contribution in [1.29, 1.82) is 0 Å². The number of methoxy groups -OCH3 is 1. The first kappa shape index (κ1) is 18.7. The number of ether oxygens (including phenoxy) is 2. The second-order valence-corrected chi connectivity index (χ2v) is 5.23. The standard InChI is InChI=1S/C17H17N3O6/c1-25-13-5-2-11(3-6-13)9-19-16(21)10-26-17(22)12-4-7-14(18)15(8-12)20(23)24/h2-8H,9-10,18H2,1H3,(H,19,21). The molecule has 0 bridgehead atoms. The first-order valence-electron chi connectivity index (χ1n) is 7.51. The van der Waals surface area contributed by atoms with Crippen molar-refractivity contribution in [1.82, 2.24) is 5.32 Å². The van der Waals surface area contributed by atoms with Crippen molar-refractivity contribution in [2.24, 2.45) is 0 Å². The number of anilines is 1. The number of hydrogen-bond donors (Lipinski definition) is 2. The van der Waals surface area contributed by atoms with Crippen LogP contribution in [0.2, 0.25) is 0 Å². The summed E-state index contributed by atoms with van der Waals surface area (Å²) in [6.45, 7) is -0.249. The maximum absolute atomic E-state index is 11.9. The third-order valence-electron chi connectivity index (χ3n) is 3.45. The molecule has 0 radical (unpaired) electrons. The molecule has 9 heteroatoms. The number of hydrogen-bond acceptors (Lipinski definition) is 7. The van der Waals surface area contributed by atoms with E-state index in [9.17, 15) is 19.7 Å². The topological polar surface area (TPSA) is 134 Å². The Balaban J connectivity index is 1.85. The molecule has 2 aromatic rings. The number of nitro benzene ring substituents is 1. The van der Waals surface area contributed by atoms with Gasteiger partial charge in [0.15, 0.2) is 6.61 Å². The SMILES string of the molecule is COc1ccc(CNC(=O)COC(=O)c2ccc(N)c([N+](=O)[O-])c2)cc1. The summed E-state index contributed by atoms with van der Waals surface area (Å²) in [6, 6.07) is 10.6. The summed E-state index contributed by atoms with van der Waals surface area (Å²) in [5, 5.41) is 13.4. The number of rotatable bonds is 7. The van der Waals surface area contributed by atoms with Gasteiger partial charge < -0.3 is 20.5 Å². The van der Waals surface area contributed by atoms with Gasteiger partial charge in [-0.2, -0.15) is 0 Å². The van der Waals surface area contributed by atoms with Gasteiger partial charge >= 0.3 is 5.97 Å². The smallest absolute Gasteiger partial charge is 0.338 e. The number of nitrogen functional groups attached to an aromatic ring is 1. The third-order valence-corrected chi connectivity index (χ3v) is 3.45. The molecule has 0 atom stereocenters. The summed E-state index contributed by atoms with van der Waals surface area (Å²) in [7, 11) is 1.56. The lowest BCUT2D eigenvalue weighted by Gasteiger charge is -2.08. The second-order valence-electron chi connectivity index (χ2n) is 5.23. The van der Waals surface area contributed by atoms with Crippen LogP contribution in [0, 0.1) is 10.1 Å². The van der Waals surface area contributed by atoms with Gasteiger partial charge in [0.2, 0.25) is 0 Å². The van der Waals surface area contributed by atoms with Gasteiger partial charge in [0.25, 0.3) is 11.6 Å². The van der Waals surface area contributed by atoms with Gasteiger partial charge in [0, 0.05) is 12.6 Å². The largest absolute Gasteiger partial charge is 0.497 e. The van der Waals surface area contributed by atoms with Gasteiger partial charge in [-0.25, -0.2) is 4.79 Å². The zero-order valence-electron chi connectivity index (χ0n) is 13.9. The van der Waals surface area contributed by atoms with Crippen LogP contribution in [-0.2, 0) is 16.1 Å². The molecule has 0 fully saturated rings. The maximum atomic E-state index is 11.9. The lowest BCUT2D eigenvalue weighted by molar-refractivity contribution is -0.383. The number of amides is 1. The van der Waals surface area contributed by atoms with E-state index < -0.39 is 29.1 Å². The first-order chi connectivity index (χ1) is 12.4. The van der Waals surface area contributed by atoms with Crippen molar-refractivity contribution in [3.63, 3.8) is 0 Å². The Morgan fingerprint density at radius 2 is 1.88 bits per heavy atom. The Morgan fingerprint density at radius 1 is 1.19 bits per heavy atom. The van der Waals surface area contributed by atoms with Crippen LogP contribution in [0.4, 0.5) is 11.4 Å². The molecule has 0 aliphatic heterocycles. The Morgan fingerprint density at radius 3 is 2.50 bits per heavy atom. The average molecular weight is 359 g/mol. The fourth-order valence-corrected chi connectivity index (χ4v) is 2.04. The van der Waals surface area contributed by atoms with Crippen LogP contribution in [-0.4, -0.2) is 30.5 Å². The summed E-state index contributed by atoms with van der Waals surface area (Å²) < 4.78 is 9.89. The van der Waals surface area contributed by atoms with E-state index >= 15 is 0 Å². The van der Waals surface area contributed by atoms with Gasteiger partial charge in [-0.3, -0.25) is 14.9 Å². The van der Waals surface area contributed by atoms with Crippen LogP contribution in [0.25, 0.3) is 0 Å². The highest BCUT2D eigenvalue weighted by atomic mass is 16.6. The minimum absolute atomic E-state index is 0.0612. The molecule has 0 heterocycles. The van der Waals surface area contributed by atoms with E-state index in [0.29, 0.717) is 5.75 Å². The van der Waals surface area contributed by atoms with Crippen molar-refractivity contribution in [2.45, 2.75) is 6.54 Å². The predicted octanol–water partition coefficient (Wildman–Crippen LogP) is 1.66. The molecule has 0 saturated carbocycles. The van der Waals surface area contributed by atoms with E-state index in [1.54, 1.807) is 31.4 Å². The van der Waals surface area contributed by atoms with E-state index in [4.69, 9.17) is 15.2 Å². The van der Waals surface area contributed by atoms with Gasteiger partial charge in [0.1, 0.15) is 11.4 Å². The number of benzene rings is 2. The summed E-state index contributed by atoms with van der Waals surface area (Å²) in [5.74, 6) is -0.654. The molecule has 3 N–H and O–H groups in total. The van der Waals surface area contributed by atoms with Crippen molar-refractivity contribution >= 4 is 23.3 Å². The van der Waals surface area contributed by atoms with Gasteiger partial charge in [-0.05, 0) is 29.8 Å². The van der Waals surface area contributed by atoms with E-state index in [1.807, 2.05) is 0 Å². The van der Waals surface area contributed by atoms with E-state index in [0.717, 1.165) is 11.6 Å². The van der Waals surface area contributed by atoms with Crippen LogP contribution in [0.15, 0.2) is 42.5 Å². The van der Waals surface area contributed by atoms with Crippen LogP contribution in [0.5, 0.6) is 5.75 Å². The Bertz CT molecular complexity index is 820. The number of nitrogens with zero attached hydrogens (tertiary/aromatic N) is 1. The quantitative estimate of drug-likeness (QED) is 0.332. The molecule has 0 saturated heterocycles. The number of carbonyl (C=O) groups is 2. The summed E-state index contributed by atoms with van der Waals surface area (Å²) in [5.41, 5.74) is 5.78. The molecule has 0 aliphatic carbocycles. The summed E-state index contributed by atoms with van der Waals surface area (Å²) >= 11 is 0. The molecule has 0 spiro atoms. The number of nitrogens with one attached hydrogen (secondary N) is 1. The molecule has 2 aromatic carbocycles. The number of esters is 1. The fourth-order valence-electron chi connectivity index (χ4n) is 2.04. The van der Waals surface area contributed by atoms with Crippen molar-refractivity contribution in [3.05, 3.63) is 63.7 Å². The zero-order valence-corrected chi connectivity index (χ0v) is 13.9. The lowest BCUT2D eigenvalue weighted by atomic mass is 10.2. The van der Waals surface area contributed by atoms with Gasteiger partial charge in [0.05, 0.1) is 17.6 Å². The molecule has 2 rings (SSSR count). The molecule has 0 unspecified atom stereocenters. The highest BCUT2D eigenvalue weighted by Crippen LogP contribution is 2.22.